The van der Waals surface area contributed by atoms with Crippen molar-refractivity contribution in [3.8, 4) is 17.1 Å². The SMILES string of the molecule is Cc1ccc2c(=O)c(OC(=O)C(C)C)c(-c3ccccc3)oc2c1. The first-order valence-corrected chi connectivity index (χ1v) is 7.82. The summed E-state index contributed by atoms with van der Waals surface area (Å²) in [5.41, 5.74) is 1.80. The average molecular weight is 322 g/mol. The summed E-state index contributed by atoms with van der Waals surface area (Å²) >= 11 is 0. The largest absolute Gasteiger partial charge is 0.452 e. The molecular weight excluding hydrogens is 304 g/mol. The molecule has 2 aromatic carbocycles. The first kappa shape index (κ1) is 16.0. The fourth-order valence-corrected chi connectivity index (χ4v) is 2.37. The van der Waals surface area contributed by atoms with Crippen LogP contribution in [0.3, 0.4) is 0 Å². The second kappa shape index (κ2) is 6.32. The zero-order valence-corrected chi connectivity index (χ0v) is 13.8. The van der Waals surface area contributed by atoms with Gasteiger partial charge < -0.3 is 9.15 Å². The molecule has 0 saturated heterocycles. The molecule has 0 aliphatic carbocycles. The molecule has 0 unspecified atom stereocenters. The van der Waals surface area contributed by atoms with Gasteiger partial charge in [0.2, 0.25) is 11.2 Å². The van der Waals surface area contributed by atoms with Crippen LogP contribution in [-0.4, -0.2) is 5.97 Å². The van der Waals surface area contributed by atoms with E-state index in [2.05, 4.69) is 0 Å². The number of ether oxygens (including phenoxy) is 1. The topological polar surface area (TPSA) is 56.5 Å². The van der Waals surface area contributed by atoms with Crippen LogP contribution in [0.25, 0.3) is 22.3 Å². The number of benzene rings is 2. The number of carbonyl (C=O) groups excluding carboxylic acids is 1. The summed E-state index contributed by atoms with van der Waals surface area (Å²) in [5, 5.41) is 0.395. The second-order valence-electron chi connectivity index (χ2n) is 6.03. The van der Waals surface area contributed by atoms with Crippen LogP contribution in [0.4, 0.5) is 0 Å². The molecule has 0 radical (unpaired) electrons. The van der Waals surface area contributed by atoms with Crippen LogP contribution in [0.5, 0.6) is 5.75 Å². The molecule has 4 heteroatoms. The van der Waals surface area contributed by atoms with Gasteiger partial charge in [-0.15, -0.1) is 0 Å². The summed E-state index contributed by atoms with van der Waals surface area (Å²) in [6.45, 7) is 5.36. The monoisotopic (exact) mass is 322 g/mol. The van der Waals surface area contributed by atoms with E-state index in [1.165, 1.54) is 0 Å². The molecule has 24 heavy (non-hydrogen) atoms. The summed E-state index contributed by atoms with van der Waals surface area (Å²) in [5.74, 6) is -0.600. The van der Waals surface area contributed by atoms with Gasteiger partial charge in [0.1, 0.15) is 5.58 Å². The van der Waals surface area contributed by atoms with Gasteiger partial charge in [0.15, 0.2) is 5.76 Å². The van der Waals surface area contributed by atoms with Gasteiger partial charge in [-0.1, -0.05) is 50.2 Å². The lowest BCUT2D eigenvalue weighted by Gasteiger charge is -2.12. The Balaban J connectivity index is 2.30. The van der Waals surface area contributed by atoms with Crippen molar-refractivity contribution in [2.24, 2.45) is 5.92 Å². The van der Waals surface area contributed by atoms with Crippen molar-refractivity contribution in [2.75, 3.05) is 0 Å². The molecule has 0 aliphatic rings. The van der Waals surface area contributed by atoms with Crippen molar-refractivity contribution in [1.29, 1.82) is 0 Å². The number of hydrogen-bond donors (Lipinski definition) is 0. The molecule has 1 aromatic heterocycles. The Morgan fingerprint density at radius 1 is 1.08 bits per heavy atom. The minimum Gasteiger partial charge on any atom is -0.452 e. The number of fused-ring (bicyclic) bond motifs is 1. The molecule has 0 bridgehead atoms. The molecule has 1 heterocycles. The van der Waals surface area contributed by atoms with E-state index >= 15 is 0 Å². The van der Waals surface area contributed by atoms with Gasteiger partial charge >= 0.3 is 5.97 Å². The first-order valence-electron chi connectivity index (χ1n) is 7.82. The van der Waals surface area contributed by atoms with E-state index in [0.29, 0.717) is 16.5 Å². The van der Waals surface area contributed by atoms with Crippen molar-refractivity contribution in [3.05, 3.63) is 64.3 Å². The molecule has 3 aromatic rings. The molecule has 0 amide bonds. The highest BCUT2D eigenvalue weighted by Gasteiger charge is 2.21. The zero-order valence-electron chi connectivity index (χ0n) is 13.8. The van der Waals surface area contributed by atoms with Crippen LogP contribution >= 0.6 is 0 Å². The van der Waals surface area contributed by atoms with Crippen molar-refractivity contribution in [1.82, 2.24) is 0 Å². The lowest BCUT2D eigenvalue weighted by molar-refractivity contribution is -0.137. The Morgan fingerprint density at radius 3 is 2.46 bits per heavy atom. The second-order valence-corrected chi connectivity index (χ2v) is 6.03. The Bertz CT molecular complexity index is 953. The summed E-state index contributed by atoms with van der Waals surface area (Å²) < 4.78 is 11.3. The van der Waals surface area contributed by atoms with E-state index in [0.717, 1.165) is 5.56 Å². The number of rotatable bonds is 3. The van der Waals surface area contributed by atoms with Gasteiger partial charge in [0.25, 0.3) is 0 Å². The van der Waals surface area contributed by atoms with Crippen LogP contribution < -0.4 is 10.2 Å². The van der Waals surface area contributed by atoms with Crippen molar-refractivity contribution in [2.45, 2.75) is 20.8 Å². The van der Waals surface area contributed by atoms with Crippen LogP contribution in [0.2, 0.25) is 0 Å². The molecule has 0 N–H and O–H groups in total. The minimum atomic E-state index is -0.467. The molecule has 0 atom stereocenters. The maximum Gasteiger partial charge on any atom is 0.314 e. The predicted molar refractivity (Wildman–Crippen MR) is 93.1 cm³/mol. The highest BCUT2D eigenvalue weighted by molar-refractivity contribution is 5.85. The van der Waals surface area contributed by atoms with Crippen LogP contribution in [0.15, 0.2) is 57.7 Å². The molecule has 122 valence electrons. The van der Waals surface area contributed by atoms with Gasteiger partial charge in [-0.2, -0.15) is 0 Å². The molecule has 0 saturated carbocycles. The van der Waals surface area contributed by atoms with E-state index in [9.17, 15) is 9.59 Å². The highest BCUT2D eigenvalue weighted by atomic mass is 16.5. The Morgan fingerprint density at radius 2 is 1.79 bits per heavy atom. The van der Waals surface area contributed by atoms with E-state index in [1.54, 1.807) is 26.0 Å². The molecule has 3 rings (SSSR count). The Kier molecular flexibility index (Phi) is 4.21. The van der Waals surface area contributed by atoms with Gasteiger partial charge in [-0.25, -0.2) is 0 Å². The third-order valence-electron chi connectivity index (χ3n) is 3.72. The summed E-state index contributed by atoms with van der Waals surface area (Å²) in [4.78, 5) is 24.9. The summed E-state index contributed by atoms with van der Waals surface area (Å²) in [6, 6.07) is 14.5. The first-order chi connectivity index (χ1) is 11.5. The standard InChI is InChI=1S/C20H18O4/c1-12(2)20(22)24-19-17(21)15-10-9-13(3)11-16(15)23-18(19)14-7-5-4-6-8-14/h4-12H,1-3H3. The number of aryl methyl sites for hydroxylation is 1. The van der Waals surface area contributed by atoms with Crippen LogP contribution in [0, 0.1) is 12.8 Å². The Labute approximate surface area is 139 Å². The van der Waals surface area contributed by atoms with E-state index in [4.69, 9.17) is 9.15 Å². The van der Waals surface area contributed by atoms with E-state index in [-0.39, 0.29) is 22.9 Å². The third-order valence-corrected chi connectivity index (χ3v) is 3.72. The minimum absolute atomic E-state index is 0.0590. The van der Waals surface area contributed by atoms with Crippen molar-refractivity contribution < 1.29 is 13.9 Å². The van der Waals surface area contributed by atoms with Gasteiger partial charge in [-0.3, -0.25) is 9.59 Å². The molecule has 4 nitrogen and oxygen atoms in total. The molecule has 0 fully saturated rings. The molecule has 0 spiro atoms. The fraction of sp³-hybridized carbons (Fsp3) is 0.200. The van der Waals surface area contributed by atoms with Crippen molar-refractivity contribution >= 4 is 16.9 Å². The van der Waals surface area contributed by atoms with Gasteiger partial charge in [0.05, 0.1) is 11.3 Å². The normalized spacial score (nSPS) is 11.0. The number of esters is 1. The van der Waals surface area contributed by atoms with Crippen LogP contribution in [0.1, 0.15) is 19.4 Å². The van der Waals surface area contributed by atoms with Gasteiger partial charge in [-0.05, 0) is 24.6 Å². The average Bonchev–Trinajstić information content (AvgIpc) is 2.57. The smallest absolute Gasteiger partial charge is 0.314 e. The van der Waals surface area contributed by atoms with Crippen LogP contribution in [-0.2, 0) is 4.79 Å². The van der Waals surface area contributed by atoms with Crippen molar-refractivity contribution in [3.63, 3.8) is 0 Å². The number of hydrogen-bond acceptors (Lipinski definition) is 4. The molecule has 0 aliphatic heterocycles. The fourth-order valence-electron chi connectivity index (χ4n) is 2.37. The Hall–Kier alpha value is -2.88. The highest BCUT2D eigenvalue weighted by Crippen LogP contribution is 2.31. The maximum atomic E-state index is 12.9. The zero-order chi connectivity index (χ0) is 17.3. The summed E-state index contributed by atoms with van der Waals surface area (Å²) in [6.07, 6.45) is 0. The van der Waals surface area contributed by atoms with E-state index < -0.39 is 5.97 Å². The maximum absolute atomic E-state index is 12.9. The summed E-state index contributed by atoms with van der Waals surface area (Å²) in [7, 11) is 0. The number of carbonyl (C=O) groups is 1. The van der Waals surface area contributed by atoms with Gasteiger partial charge in [0, 0.05) is 5.56 Å². The lowest BCUT2D eigenvalue weighted by atomic mass is 10.1. The van der Waals surface area contributed by atoms with E-state index in [1.807, 2.05) is 43.3 Å². The third kappa shape index (κ3) is 2.95. The predicted octanol–water partition coefficient (Wildman–Crippen LogP) is 4.33. The quantitative estimate of drug-likeness (QED) is 0.673. The molecular formula is C20H18O4. The lowest BCUT2D eigenvalue weighted by Crippen LogP contribution is -2.20.